The molecule has 104 valence electrons. The zero-order valence-electron chi connectivity index (χ0n) is 11.8. The number of nitrogens with zero attached hydrogens (tertiary/aromatic N) is 3. The molecule has 1 saturated heterocycles. The van der Waals surface area contributed by atoms with Crippen molar-refractivity contribution in [2.75, 3.05) is 31.1 Å². The molecule has 0 aliphatic carbocycles. The number of thioether (sulfide) groups is 1. The van der Waals surface area contributed by atoms with Crippen LogP contribution < -0.4 is 4.90 Å². The fourth-order valence-corrected chi connectivity index (χ4v) is 2.98. The van der Waals surface area contributed by atoms with E-state index in [-0.39, 0.29) is 4.75 Å². The number of amides is 1. The summed E-state index contributed by atoms with van der Waals surface area (Å²) in [5.41, 5.74) is 0. The third-order valence-corrected chi connectivity index (χ3v) is 4.02. The number of carbonyl (C=O) groups is 1. The molecule has 1 aromatic rings. The van der Waals surface area contributed by atoms with E-state index in [1.807, 2.05) is 18.0 Å². The maximum atomic E-state index is 10.7. The molecule has 1 aromatic heterocycles. The molecule has 0 atom stereocenters. The second-order valence-corrected chi connectivity index (χ2v) is 7.60. The molecular formula is C14H21N3OS. The standard InChI is InChI=1S/C14H21N3OS/c1-14(2,3)19-12-4-5-13(15-10-12)17-8-6-16(11-18)7-9-17/h4-5,10-11H,6-9H2,1-3H3. The van der Waals surface area contributed by atoms with Crippen LogP contribution >= 0.6 is 11.8 Å². The first-order valence-corrected chi connectivity index (χ1v) is 7.39. The van der Waals surface area contributed by atoms with Gasteiger partial charge in [0, 0.05) is 42.0 Å². The van der Waals surface area contributed by atoms with E-state index in [0.29, 0.717) is 0 Å². The number of aromatic nitrogens is 1. The molecule has 5 heteroatoms. The largest absolute Gasteiger partial charge is 0.353 e. The summed E-state index contributed by atoms with van der Waals surface area (Å²) in [6.07, 6.45) is 2.87. The van der Waals surface area contributed by atoms with E-state index < -0.39 is 0 Å². The van der Waals surface area contributed by atoms with Gasteiger partial charge in [0.1, 0.15) is 5.82 Å². The van der Waals surface area contributed by atoms with Gasteiger partial charge in [-0.3, -0.25) is 4.79 Å². The summed E-state index contributed by atoms with van der Waals surface area (Å²) in [4.78, 5) is 20.4. The zero-order valence-corrected chi connectivity index (χ0v) is 12.6. The van der Waals surface area contributed by atoms with Gasteiger partial charge < -0.3 is 9.80 Å². The Kier molecular flexibility index (Phi) is 4.34. The molecule has 1 aliphatic heterocycles. The van der Waals surface area contributed by atoms with Crippen LogP contribution in [0, 0.1) is 0 Å². The maximum Gasteiger partial charge on any atom is 0.209 e. The lowest BCUT2D eigenvalue weighted by Gasteiger charge is -2.33. The molecule has 0 aromatic carbocycles. The molecule has 4 nitrogen and oxygen atoms in total. The maximum absolute atomic E-state index is 10.7. The highest BCUT2D eigenvalue weighted by Gasteiger charge is 2.17. The fourth-order valence-electron chi connectivity index (χ4n) is 2.03. The van der Waals surface area contributed by atoms with Gasteiger partial charge in [-0.15, -0.1) is 11.8 Å². The minimum absolute atomic E-state index is 0.207. The highest BCUT2D eigenvalue weighted by molar-refractivity contribution is 8.00. The molecule has 0 unspecified atom stereocenters. The van der Waals surface area contributed by atoms with Gasteiger partial charge in [0.2, 0.25) is 6.41 Å². The predicted octanol–water partition coefficient (Wildman–Crippen LogP) is 2.25. The van der Waals surface area contributed by atoms with Crippen LogP contribution in [-0.4, -0.2) is 47.2 Å². The van der Waals surface area contributed by atoms with Crippen molar-refractivity contribution >= 4 is 24.0 Å². The number of piperazine rings is 1. The molecule has 2 rings (SSSR count). The molecular weight excluding hydrogens is 258 g/mol. The second-order valence-electron chi connectivity index (χ2n) is 5.69. The van der Waals surface area contributed by atoms with E-state index in [9.17, 15) is 4.79 Å². The molecule has 1 fully saturated rings. The lowest BCUT2D eigenvalue weighted by atomic mass is 10.3. The quantitative estimate of drug-likeness (QED) is 0.628. The fraction of sp³-hybridized carbons (Fsp3) is 0.571. The summed E-state index contributed by atoms with van der Waals surface area (Å²) in [5.74, 6) is 1.00. The molecule has 2 heterocycles. The Balaban J connectivity index is 1.97. The first-order chi connectivity index (χ1) is 8.98. The van der Waals surface area contributed by atoms with Crippen LogP contribution in [0.25, 0.3) is 0 Å². The molecule has 19 heavy (non-hydrogen) atoms. The summed E-state index contributed by atoms with van der Waals surface area (Å²) in [6.45, 7) is 9.88. The Hall–Kier alpha value is -1.23. The van der Waals surface area contributed by atoms with Gasteiger partial charge in [0.25, 0.3) is 0 Å². The van der Waals surface area contributed by atoms with E-state index in [1.165, 1.54) is 4.90 Å². The Morgan fingerprint density at radius 2 is 1.89 bits per heavy atom. The number of pyridine rings is 1. The summed E-state index contributed by atoms with van der Waals surface area (Å²) >= 11 is 1.82. The van der Waals surface area contributed by atoms with Gasteiger partial charge in [-0.1, -0.05) is 20.8 Å². The third kappa shape index (κ3) is 4.13. The van der Waals surface area contributed by atoms with Crippen LogP contribution in [0.3, 0.4) is 0 Å². The van der Waals surface area contributed by atoms with Crippen molar-refractivity contribution in [1.29, 1.82) is 0 Å². The van der Waals surface area contributed by atoms with Gasteiger partial charge in [-0.25, -0.2) is 4.98 Å². The monoisotopic (exact) mass is 279 g/mol. The predicted molar refractivity (Wildman–Crippen MR) is 79.7 cm³/mol. The number of hydrogen-bond acceptors (Lipinski definition) is 4. The van der Waals surface area contributed by atoms with Crippen molar-refractivity contribution in [1.82, 2.24) is 9.88 Å². The van der Waals surface area contributed by atoms with Gasteiger partial charge >= 0.3 is 0 Å². The topological polar surface area (TPSA) is 36.4 Å². The molecule has 0 N–H and O–H groups in total. The van der Waals surface area contributed by atoms with Crippen LogP contribution in [0.4, 0.5) is 5.82 Å². The third-order valence-electron chi connectivity index (χ3n) is 2.93. The number of carbonyl (C=O) groups excluding carboxylic acids is 1. The highest BCUT2D eigenvalue weighted by Crippen LogP contribution is 2.31. The van der Waals surface area contributed by atoms with Crippen LogP contribution in [-0.2, 0) is 4.79 Å². The Bertz CT molecular complexity index is 419. The average molecular weight is 279 g/mol. The Morgan fingerprint density at radius 1 is 1.21 bits per heavy atom. The first kappa shape index (κ1) is 14.2. The summed E-state index contributed by atoms with van der Waals surface area (Å²) < 4.78 is 0.207. The van der Waals surface area contributed by atoms with E-state index in [2.05, 4.69) is 42.8 Å². The van der Waals surface area contributed by atoms with E-state index >= 15 is 0 Å². The summed E-state index contributed by atoms with van der Waals surface area (Å²) in [6, 6.07) is 4.20. The van der Waals surface area contributed by atoms with E-state index in [0.717, 1.165) is 38.4 Å². The van der Waals surface area contributed by atoms with Crippen LogP contribution in [0.5, 0.6) is 0 Å². The van der Waals surface area contributed by atoms with Crippen LogP contribution in [0.1, 0.15) is 20.8 Å². The average Bonchev–Trinajstić information content (AvgIpc) is 2.38. The van der Waals surface area contributed by atoms with Crippen LogP contribution in [0.2, 0.25) is 0 Å². The minimum atomic E-state index is 0.207. The van der Waals surface area contributed by atoms with Gasteiger partial charge in [0.15, 0.2) is 0 Å². The highest BCUT2D eigenvalue weighted by atomic mass is 32.2. The van der Waals surface area contributed by atoms with Crippen molar-refractivity contribution in [3.8, 4) is 0 Å². The molecule has 0 bridgehead atoms. The van der Waals surface area contributed by atoms with Crippen molar-refractivity contribution in [2.45, 2.75) is 30.4 Å². The smallest absolute Gasteiger partial charge is 0.209 e. The van der Waals surface area contributed by atoms with E-state index in [1.54, 1.807) is 4.90 Å². The zero-order chi connectivity index (χ0) is 13.9. The summed E-state index contributed by atoms with van der Waals surface area (Å²) in [7, 11) is 0. The summed E-state index contributed by atoms with van der Waals surface area (Å²) in [5, 5.41) is 0. The molecule has 0 saturated carbocycles. The van der Waals surface area contributed by atoms with E-state index in [4.69, 9.17) is 0 Å². The minimum Gasteiger partial charge on any atom is -0.353 e. The van der Waals surface area contributed by atoms with Crippen molar-refractivity contribution < 1.29 is 4.79 Å². The van der Waals surface area contributed by atoms with Crippen molar-refractivity contribution in [3.63, 3.8) is 0 Å². The lowest BCUT2D eigenvalue weighted by Crippen LogP contribution is -2.46. The molecule has 1 amide bonds. The van der Waals surface area contributed by atoms with Gasteiger partial charge in [0.05, 0.1) is 0 Å². The second kappa shape index (κ2) is 5.82. The number of hydrogen-bond donors (Lipinski definition) is 0. The first-order valence-electron chi connectivity index (χ1n) is 6.57. The van der Waals surface area contributed by atoms with Gasteiger partial charge in [-0.2, -0.15) is 0 Å². The van der Waals surface area contributed by atoms with Crippen LogP contribution in [0.15, 0.2) is 23.2 Å². The Morgan fingerprint density at radius 3 is 2.37 bits per heavy atom. The molecule has 0 spiro atoms. The number of rotatable bonds is 3. The SMILES string of the molecule is CC(C)(C)Sc1ccc(N2CCN(C=O)CC2)nc1. The molecule has 1 aliphatic rings. The van der Waals surface area contributed by atoms with Crippen molar-refractivity contribution in [3.05, 3.63) is 18.3 Å². The normalized spacial score (nSPS) is 16.6. The molecule has 0 radical (unpaired) electrons. The van der Waals surface area contributed by atoms with Crippen molar-refractivity contribution in [2.24, 2.45) is 0 Å². The lowest BCUT2D eigenvalue weighted by molar-refractivity contribution is -0.118. The van der Waals surface area contributed by atoms with Gasteiger partial charge in [-0.05, 0) is 12.1 Å². The number of anilines is 1. The Labute approximate surface area is 119 Å².